The van der Waals surface area contributed by atoms with Crippen LogP contribution in [0, 0.1) is 0 Å². The number of halogens is 2. The van der Waals surface area contributed by atoms with Gasteiger partial charge in [-0.1, -0.05) is 0 Å². The van der Waals surface area contributed by atoms with Gasteiger partial charge >= 0.3 is 0 Å². The van der Waals surface area contributed by atoms with Crippen LogP contribution in [0.25, 0.3) is 28.1 Å². The number of fused-ring (bicyclic) bond motifs is 1. The summed E-state index contributed by atoms with van der Waals surface area (Å²) in [6, 6.07) is 11.6. The fourth-order valence-corrected chi connectivity index (χ4v) is 4.29. The Labute approximate surface area is 188 Å². The molecule has 1 saturated heterocycles. The van der Waals surface area contributed by atoms with Crippen molar-refractivity contribution in [2.24, 2.45) is 0 Å². The minimum atomic E-state index is -2.68. The average molecular weight is 448 g/mol. The number of carbonyl (C=O) groups is 1. The van der Waals surface area contributed by atoms with Crippen LogP contribution in [-0.4, -0.2) is 54.6 Å². The summed E-state index contributed by atoms with van der Waals surface area (Å²) in [6.07, 6.45) is 5.18. The smallest absolute Gasteiger partial charge is 0.255 e. The van der Waals surface area contributed by atoms with Crippen molar-refractivity contribution in [3.63, 3.8) is 0 Å². The number of H-pyrrole nitrogens is 1. The van der Waals surface area contributed by atoms with Crippen LogP contribution >= 0.6 is 0 Å². The van der Waals surface area contributed by atoms with E-state index in [0.29, 0.717) is 11.5 Å². The second-order valence-electron chi connectivity index (χ2n) is 8.85. The maximum atomic E-state index is 13.4. The molecule has 0 radical (unpaired) electrons. The number of amides is 1. The SMILES string of the molecule is O=C(c1cnc2c(ccn2-c2ccc(-c3nnc(C4CC4)[nH]3)cc2)c1)N1CCC(F)(F)CC1. The third-order valence-corrected chi connectivity index (χ3v) is 6.44. The van der Waals surface area contributed by atoms with E-state index in [1.165, 1.54) is 23.9 Å². The third-order valence-electron chi connectivity index (χ3n) is 6.44. The number of alkyl halides is 2. The van der Waals surface area contributed by atoms with Gasteiger partial charge in [0.15, 0.2) is 5.82 Å². The molecule has 1 aliphatic heterocycles. The van der Waals surface area contributed by atoms with E-state index in [9.17, 15) is 13.6 Å². The Kier molecular flexibility index (Phi) is 4.53. The molecule has 168 valence electrons. The Balaban J connectivity index is 1.22. The fourth-order valence-electron chi connectivity index (χ4n) is 4.29. The lowest BCUT2D eigenvalue weighted by Gasteiger charge is -2.31. The Morgan fingerprint density at radius 3 is 2.55 bits per heavy atom. The predicted molar refractivity (Wildman–Crippen MR) is 119 cm³/mol. The number of aromatic nitrogens is 5. The summed E-state index contributed by atoms with van der Waals surface area (Å²) in [4.78, 5) is 22.1. The second-order valence-corrected chi connectivity index (χ2v) is 8.85. The van der Waals surface area contributed by atoms with Crippen LogP contribution < -0.4 is 0 Å². The molecule has 3 aromatic heterocycles. The highest BCUT2D eigenvalue weighted by atomic mass is 19.3. The number of piperidine rings is 1. The molecule has 1 N–H and O–H groups in total. The van der Waals surface area contributed by atoms with E-state index in [4.69, 9.17) is 0 Å². The Hall–Kier alpha value is -3.62. The van der Waals surface area contributed by atoms with E-state index in [1.54, 1.807) is 6.07 Å². The van der Waals surface area contributed by atoms with E-state index in [0.717, 1.165) is 33.9 Å². The van der Waals surface area contributed by atoms with Gasteiger partial charge in [-0.3, -0.25) is 4.79 Å². The highest BCUT2D eigenvalue weighted by Crippen LogP contribution is 2.38. The van der Waals surface area contributed by atoms with E-state index in [1.807, 2.05) is 41.1 Å². The zero-order valence-electron chi connectivity index (χ0n) is 17.8. The Bertz CT molecular complexity index is 1330. The van der Waals surface area contributed by atoms with Crippen LogP contribution in [0.1, 0.15) is 47.8 Å². The van der Waals surface area contributed by atoms with Crippen molar-refractivity contribution in [3.05, 3.63) is 60.2 Å². The molecule has 7 nitrogen and oxygen atoms in total. The number of benzene rings is 1. The first-order valence-corrected chi connectivity index (χ1v) is 11.1. The highest BCUT2D eigenvalue weighted by molar-refractivity contribution is 5.97. The van der Waals surface area contributed by atoms with Gasteiger partial charge in [0.2, 0.25) is 0 Å². The molecular weight excluding hydrogens is 426 g/mol. The van der Waals surface area contributed by atoms with Crippen molar-refractivity contribution in [1.82, 2.24) is 29.6 Å². The number of hydrogen-bond acceptors (Lipinski definition) is 4. The van der Waals surface area contributed by atoms with Crippen LogP contribution in [-0.2, 0) is 0 Å². The normalized spacial score (nSPS) is 18.1. The first kappa shape index (κ1) is 20.0. The monoisotopic (exact) mass is 448 g/mol. The van der Waals surface area contributed by atoms with Gasteiger partial charge in [-0.25, -0.2) is 13.8 Å². The molecule has 4 heterocycles. The van der Waals surface area contributed by atoms with E-state index < -0.39 is 5.92 Å². The summed E-state index contributed by atoms with van der Waals surface area (Å²) >= 11 is 0. The van der Waals surface area contributed by atoms with Gasteiger partial charge in [-0.15, -0.1) is 10.2 Å². The zero-order chi connectivity index (χ0) is 22.6. The standard InChI is InChI=1S/C24H22F2N6O/c25-24(26)8-11-31(12-9-24)23(33)18-13-17-7-10-32(22(17)27-14-18)19-5-3-16(4-6-19)21-28-20(29-30-21)15-1-2-15/h3-7,10,13-15H,1-2,8-9,11-12H2,(H,28,29,30). The van der Waals surface area contributed by atoms with Crippen LogP contribution in [0.15, 0.2) is 48.8 Å². The molecular formula is C24H22F2N6O. The summed E-state index contributed by atoms with van der Waals surface area (Å²) in [5, 5.41) is 9.32. The number of aromatic amines is 1. The van der Waals surface area contributed by atoms with Gasteiger partial charge in [-0.05, 0) is 49.2 Å². The molecule has 2 fully saturated rings. The number of nitrogens with zero attached hydrogens (tertiary/aromatic N) is 5. The number of rotatable bonds is 4. The molecule has 0 spiro atoms. The van der Waals surface area contributed by atoms with Gasteiger partial charge in [0, 0.05) is 60.9 Å². The molecule has 4 aromatic rings. The number of carbonyl (C=O) groups excluding carboxylic acids is 1. The summed E-state index contributed by atoms with van der Waals surface area (Å²) in [6.45, 7) is 0.120. The predicted octanol–water partition coefficient (Wildman–Crippen LogP) is 4.56. The van der Waals surface area contributed by atoms with E-state index >= 15 is 0 Å². The van der Waals surface area contributed by atoms with Crippen molar-refractivity contribution >= 4 is 16.9 Å². The zero-order valence-corrected chi connectivity index (χ0v) is 17.8. The van der Waals surface area contributed by atoms with Crippen molar-refractivity contribution in [1.29, 1.82) is 0 Å². The largest absolute Gasteiger partial charge is 0.338 e. The molecule has 9 heteroatoms. The van der Waals surface area contributed by atoms with Crippen LogP contribution in [0.2, 0.25) is 0 Å². The first-order valence-electron chi connectivity index (χ1n) is 11.1. The van der Waals surface area contributed by atoms with Gasteiger partial charge in [0.1, 0.15) is 11.5 Å². The van der Waals surface area contributed by atoms with Crippen molar-refractivity contribution in [2.45, 2.75) is 37.5 Å². The molecule has 2 aliphatic rings. The van der Waals surface area contributed by atoms with Crippen molar-refractivity contribution < 1.29 is 13.6 Å². The molecule has 1 aromatic carbocycles. The van der Waals surface area contributed by atoms with Crippen LogP contribution in [0.4, 0.5) is 8.78 Å². The molecule has 0 bridgehead atoms. The number of nitrogens with one attached hydrogen (secondary N) is 1. The maximum absolute atomic E-state index is 13.4. The van der Waals surface area contributed by atoms with Gasteiger partial charge in [0.05, 0.1) is 5.56 Å². The molecule has 33 heavy (non-hydrogen) atoms. The minimum absolute atomic E-state index is 0.0601. The first-order chi connectivity index (χ1) is 16.0. The lowest BCUT2D eigenvalue weighted by atomic mass is 10.1. The maximum Gasteiger partial charge on any atom is 0.255 e. The van der Waals surface area contributed by atoms with Gasteiger partial charge < -0.3 is 14.5 Å². The van der Waals surface area contributed by atoms with E-state index in [2.05, 4.69) is 20.2 Å². The molecule has 1 aliphatic carbocycles. The van der Waals surface area contributed by atoms with E-state index in [-0.39, 0.29) is 31.8 Å². The van der Waals surface area contributed by atoms with Gasteiger partial charge in [-0.2, -0.15) is 0 Å². The molecule has 6 rings (SSSR count). The quantitative estimate of drug-likeness (QED) is 0.496. The number of pyridine rings is 1. The van der Waals surface area contributed by atoms with Crippen molar-refractivity contribution in [2.75, 3.05) is 13.1 Å². The van der Waals surface area contributed by atoms with Crippen LogP contribution in [0.3, 0.4) is 0 Å². The Morgan fingerprint density at radius 1 is 1.06 bits per heavy atom. The third kappa shape index (κ3) is 3.77. The van der Waals surface area contributed by atoms with Crippen molar-refractivity contribution in [3.8, 4) is 17.1 Å². The lowest BCUT2D eigenvalue weighted by Crippen LogP contribution is -2.42. The number of likely N-dealkylation sites (tertiary alicyclic amines) is 1. The summed E-state index contributed by atoms with van der Waals surface area (Å²) in [5.74, 6) is -0.695. The number of hydrogen-bond donors (Lipinski definition) is 1. The summed E-state index contributed by atoms with van der Waals surface area (Å²) in [5.41, 5.74) is 3.03. The highest BCUT2D eigenvalue weighted by Gasteiger charge is 2.36. The molecule has 1 saturated carbocycles. The minimum Gasteiger partial charge on any atom is -0.338 e. The lowest BCUT2D eigenvalue weighted by molar-refractivity contribution is -0.0494. The Morgan fingerprint density at radius 2 is 1.82 bits per heavy atom. The summed E-state index contributed by atoms with van der Waals surface area (Å²) < 4.78 is 28.8. The topological polar surface area (TPSA) is 79.7 Å². The average Bonchev–Trinajstić information content (AvgIpc) is 3.40. The van der Waals surface area contributed by atoms with Crippen LogP contribution in [0.5, 0.6) is 0 Å². The molecule has 1 amide bonds. The fraction of sp³-hybridized carbons (Fsp3) is 0.333. The molecule has 0 unspecified atom stereocenters. The van der Waals surface area contributed by atoms with Gasteiger partial charge in [0.25, 0.3) is 11.8 Å². The summed E-state index contributed by atoms with van der Waals surface area (Å²) in [7, 11) is 0. The molecule has 0 atom stereocenters. The second kappa shape index (κ2) is 7.47.